The largest absolute Gasteiger partial charge is 2.00 e. The Balaban J connectivity index is 0.00000357. The van der Waals surface area contributed by atoms with Crippen molar-refractivity contribution in [3.63, 3.8) is 0 Å². The van der Waals surface area contributed by atoms with E-state index in [1.165, 1.54) is 5.56 Å². The maximum absolute atomic E-state index is 8.27. The summed E-state index contributed by atoms with van der Waals surface area (Å²) in [6.07, 6.45) is 2.84. The van der Waals surface area contributed by atoms with Crippen LogP contribution in [-0.4, -0.2) is 19.3 Å². The van der Waals surface area contributed by atoms with Crippen LogP contribution in [0.4, 0.5) is 0 Å². The van der Waals surface area contributed by atoms with Crippen molar-refractivity contribution < 1.29 is 27.2 Å². The number of hydrogen-bond donors (Lipinski definition) is 0. The van der Waals surface area contributed by atoms with Crippen LogP contribution in [0.15, 0.2) is 103 Å². The molecular weight excluding hydrogens is 724 g/mol. The van der Waals surface area contributed by atoms with E-state index in [1.807, 2.05) is 84.5 Å². The van der Waals surface area contributed by atoms with Gasteiger partial charge in [0.2, 0.25) is 0 Å². The third kappa shape index (κ3) is 5.49. The SMILES string of the molecule is [2H]c1ccc2c(c1)c1ccc(Oc3[c-]c(-n4nc(C)c(-c5ccccc5)c4C)ccc3)[c-]c1n2-c1cc(CC(C)C)ccn1.[Pt+2]. The van der Waals surface area contributed by atoms with Crippen LogP contribution in [0.3, 0.4) is 0 Å². The predicted octanol–water partition coefficient (Wildman–Crippen LogP) is 9.24. The number of rotatable bonds is 7. The Kier molecular flexibility index (Phi) is 7.89. The number of para-hydroxylation sites is 1. The summed E-state index contributed by atoms with van der Waals surface area (Å²) in [5.41, 5.74) is 8.12. The molecule has 220 valence electrons. The maximum Gasteiger partial charge on any atom is 2.00 e. The van der Waals surface area contributed by atoms with Crippen LogP contribution in [-0.2, 0) is 27.5 Å². The van der Waals surface area contributed by atoms with E-state index >= 15 is 0 Å². The summed E-state index contributed by atoms with van der Waals surface area (Å²) >= 11 is 0. The zero-order valence-corrected chi connectivity index (χ0v) is 27.3. The fourth-order valence-electron chi connectivity index (χ4n) is 5.93. The number of hydrogen-bond acceptors (Lipinski definition) is 3. The molecule has 0 saturated heterocycles. The molecule has 44 heavy (non-hydrogen) atoms. The van der Waals surface area contributed by atoms with Gasteiger partial charge in [0.1, 0.15) is 5.82 Å². The number of benzene rings is 4. The van der Waals surface area contributed by atoms with Crippen LogP contribution in [0.1, 0.15) is 32.2 Å². The molecule has 0 N–H and O–H groups in total. The van der Waals surface area contributed by atoms with Gasteiger partial charge in [0.25, 0.3) is 0 Å². The quantitative estimate of drug-likeness (QED) is 0.153. The predicted molar refractivity (Wildman–Crippen MR) is 173 cm³/mol. The Hall–Kier alpha value is -4.47. The number of aromatic nitrogens is 4. The van der Waals surface area contributed by atoms with Gasteiger partial charge in [-0.15, -0.1) is 35.7 Å². The summed E-state index contributed by atoms with van der Waals surface area (Å²) in [5.74, 6) is 2.49. The summed E-state index contributed by atoms with van der Waals surface area (Å²) in [5, 5.41) is 6.82. The van der Waals surface area contributed by atoms with Crippen molar-refractivity contribution >= 4 is 21.8 Å². The average Bonchev–Trinajstić information content (AvgIpc) is 3.49. The van der Waals surface area contributed by atoms with Gasteiger partial charge < -0.3 is 9.30 Å². The topological polar surface area (TPSA) is 44.9 Å². The second-order valence-electron chi connectivity index (χ2n) is 11.3. The Bertz CT molecular complexity index is 2150. The first-order valence-electron chi connectivity index (χ1n) is 15.1. The van der Waals surface area contributed by atoms with Gasteiger partial charge in [0, 0.05) is 34.5 Å². The Labute approximate surface area is 273 Å². The summed E-state index contributed by atoms with van der Waals surface area (Å²) in [7, 11) is 0. The smallest absolute Gasteiger partial charge is 0.509 e. The van der Waals surface area contributed by atoms with Crippen molar-refractivity contribution in [2.75, 3.05) is 0 Å². The molecule has 0 radical (unpaired) electrons. The zero-order valence-electron chi connectivity index (χ0n) is 26.0. The van der Waals surface area contributed by atoms with Crippen molar-refractivity contribution in [3.05, 3.63) is 132 Å². The Morgan fingerprint density at radius 3 is 2.50 bits per heavy atom. The van der Waals surface area contributed by atoms with Crippen molar-refractivity contribution in [2.24, 2.45) is 5.92 Å². The van der Waals surface area contributed by atoms with E-state index in [-0.39, 0.29) is 21.1 Å². The van der Waals surface area contributed by atoms with Crippen LogP contribution in [0.5, 0.6) is 11.5 Å². The molecule has 0 amide bonds. The number of fused-ring (bicyclic) bond motifs is 3. The van der Waals surface area contributed by atoms with Gasteiger partial charge in [-0.05, 0) is 66.6 Å². The molecule has 0 aliphatic carbocycles. The fourth-order valence-corrected chi connectivity index (χ4v) is 5.93. The molecule has 0 aliphatic heterocycles. The minimum Gasteiger partial charge on any atom is -0.509 e. The van der Waals surface area contributed by atoms with Crippen LogP contribution in [0.25, 0.3) is 44.4 Å². The summed E-state index contributed by atoms with van der Waals surface area (Å²) in [4.78, 5) is 4.75. The number of pyridine rings is 1. The number of ether oxygens (including phenoxy) is 1. The molecule has 7 aromatic rings. The molecule has 0 spiro atoms. The summed E-state index contributed by atoms with van der Waals surface area (Å²) < 4.78 is 18.7. The van der Waals surface area contributed by atoms with Gasteiger partial charge in [-0.2, -0.15) is 17.2 Å². The van der Waals surface area contributed by atoms with Crippen LogP contribution < -0.4 is 4.74 Å². The molecule has 5 nitrogen and oxygen atoms in total. The van der Waals surface area contributed by atoms with Crippen LogP contribution in [0.2, 0.25) is 0 Å². The van der Waals surface area contributed by atoms with E-state index in [0.29, 0.717) is 23.5 Å². The van der Waals surface area contributed by atoms with Gasteiger partial charge in [-0.3, -0.25) is 4.68 Å². The molecule has 0 saturated carbocycles. The van der Waals surface area contributed by atoms with E-state index in [4.69, 9.17) is 16.2 Å². The van der Waals surface area contributed by atoms with Crippen molar-refractivity contribution in [1.82, 2.24) is 19.3 Å². The maximum atomic E-state index is 8.27. The van der Waals surface area contributed by atoms with Gasteiger partial charge >= 0.3 is 21.1 Å². The van der Waals surface area contributed by atoms with Crippen molar-refractivity contribution in [2.45, 2.75) is 34.1 Å². The monoisotopic (exact) mass is 756 g/mol. The number of aryl methyl sites for hydroxylation is 1. The van der Waals surface area contributed by atoms with Crippen LogP contribution >= 0.6 is 0 Å². The van der Waals surface area contributed by atoms with Gasteiger partial charge in [0.15, 0.2) is 0 Å². The second kappa shape index (κ2) is 12.3. The standard InChI is InChI=1S/C38H32N4O.Pt/c1-25(2)21-28-19-20-39-37(22-28)41-35-16-9-8-15-33(35)34-18-17-32(24-36(34)41)43-31-14-10-13-30(23-31)42-27(4)38(26(3)40-42)29-11-6-5-7-12-29;/h5-20,22,25H,21H2,1-4H3;/q-2;+2/i8D;. The van der Waals surface area contributed by atoms with Gasteiger partial charge in [-0.1, -0.05) is 67.9 Å². The molecule has 6 heteroatoms. The van der Waals surface area contributed by atoms with E-state index < -0.39 is 0 Å². The minimum absolute atomic E-state index is 0. The molecule has 0 fully saturated rings. The van der Waals surface area contributed by atoms with E-state index in [0.717, 1.165) is 62.2 Å². The van der Waals surface area contributed by atoms with E-state index in [9.17, 15) is 0 Å². The Morgan fingerprint density at radius 2 is 1.68 bits per heavy atom. The average molecular weight is 757 g/mol. The number of nitrogens with zero attached hydrogens (tertiary/aromatic N) is 4. The molecule has 3 heterocycles. The molecule has 3 aromatic heterocycles. The zero-order chi connectivity index (χ0) is 30.4. The van der Waals surface area contributed by atoms with Crippen molar-refractivity contribution in [1.29, 1.82) is 0 Å². The van der Waals surface area contributed by atoms with E-state index in [1.54, 1.807) is 0 Å². The summed E-state index contributed by atoms with van der Waals surface area (Å²) in [6, 6.07) is 37.4. The first kappa shape index (κ1) is 28.3. The molecule has 0 unspecified atom stereocenters. The molecule has 0 bridgehead atoms. The van der Waals surface area contributed by atoms with Crippen LogP contribution in [0, 0.1) is 31.9 Å². The third-order valence-corrected chi connectivity index (χ3v) is 7.73. The summed E-state index contributed by atoms with van der Waals surface area (Å²) in [6.45, 7) is 8.55. The molecule has 0 aliphatic rings. The first-order valence-corrected chi connectivity index (χ1v) is 14.6. The first-order chi connectivity index (χ1) is 21.4. The molecule has 7 rings (SSSR count). The van der Waals surface area contributed by atoms with Gasteiger partial charge in [-0.25, -0.2) is 4.98 Å². The minimum atomic E-state index is 0. The Morgan fingerprint density at radius 1 is 0.864 bits per heavy atom. The normalized spacial score (nSPS) is 11.6. The molecular formula is C38H32N4OPt. The second-order valence-corrected chi connectivity index (χ2v) is 11.3. The van der Waals surface area contributed by atoms with Gasteiger partial charge in [0.05, 0.1) is 7.06 Å². The third-order valence-electron chi connectivity index (χ3n) is 7.73. The fraction of sp³-hybridized carbons (Fsp3) is 0.158. The van der Waals surface area contributed by atoms with E-state index in [2.05, 4.69) is 61.7 Å². The molecule has 4 aromatic carbocycles. The molecule has 0 atom stereocenters. The van der Waals surface area contributed by atoms with Crippen molar-refractivity contribution in [3.8, 4) is 34.1 Å².